The van der Waals surface area contributed by atoms with Gasteiger partial charge in [0, 0.05) is 24.6 Å². The van der Waals surface area contributed by atoms with Crippen LogP contribution < -0.4 is 21.7 Å². The average Bonchev–Trinajstić information content (AvgIpc) is 3.21. The zero-order valence-corrected chi connectivity index (χ0v) is 24.9. The van der Waals surface area contributed by atoms with E-state index in [1.54, 1.807) is 24.3 Å². The highest BCUT2D eigenvalue weighted by atomic mass is 16.2. The Hall–Kier alpha value is -3.76. The number of Topliss-reactive ketones (excluding diaryl/α,β-unsaturated/α-hetero) is 2. The summed E-state index contributed by atoms with van der Waals surface area (Å²) in [7, 11) is 0. The molecule has 0 radical (unpaired) electrons. The Bertz CT molecular complexity index is 1210. The Morgan fingerprint density at radius 1 is 1.02 bits per heavy atom. The van der Waals surface area contributed by atoms with Gasteiger partial charge in [-0.1, -0.05) is 78.8 Å². The number of amides is 5. The highest BCUT2D eigenvalue weighted by Crippen LogP contribution is 2.65. The van der Waals surface area contributed by atoms with Crippen LogP contribution in [-0.4, -0.2) is 71.4 Å². The van der Waals surface area contributed by atoms with Crippen LogP contribution in [0.4, 0.5) is 4.79 Å². The summed E-state index contributed by atoms with van der Waals surface area (Å²) in [6.45, 7) is 13.1. The number of urea groups is 1. The third kappa shape index (κ3) is 7.12. The first kappa shape index (κ1) is 31.8. The van der Waals surface area contributed by atoms with Gasteiger partial charge in [0.1, 0.15) is 12.1 Å². The lowest BCUT2D eigenvalue weighted by Crippen LogP contribution is -2.61. The first-order valence-corrected chi connectivity index (χ1v) is 14.0. The number of fused-ring (bicyclic) bond motifs is 1. The van der Waals surface area contributed by atoms with Crippen LogP contribution in [0.15, 0.2) is 30.3 Å². The lowest BCUT2D eigenvalue weighted by atomic mass is 9.85. The second kappa shape index (κ2) is 12.0. The van der Waals surface area contributed by atoms with Crippen molar-refractivity contribution in [1.82, 2.24) is 20.9 Å². The molecule has 1 heterocycles. The minimum atomic E-state index is -1.15. The molecule has 0 unspecified atom stereocenters. The maximum Gasteiger partial charge on any atom is 0.315 e. The van der Waals surface area contributed by atoms with E-state index in [0.29, 0.717) is 12.1 Å². The molecule has 1 saturated carbocycles. The first-order chi connectivity index (χ1) is 19.0. The number of nitrogens with two attached hydrogens (primary N) is 1. The molecule has 1 saturated heterocycles. The SMILES string of the molecule is CC(C)[C@@H](CC(=O)c1ccccc1)NC(=O)N[C@H](C(=O)N1C[C@H]2[C@@H]([C@H]1C(=O)NCC(=O)C(N)=O)C2(C)C)C(C)(C)C. The standard InChI is InChI=1S/C30H43N5O6/c1-16(2)19(13-20(36)17-11-9-8-10-12-17)33-28(41)34-24(29(3,4)5)27(40)35-15-18-22(30(18,6)7)23(35)26(39)32-14-21(37)25(31)38/h8-12,16,18-19,22-24H,13-15H2,1-7H3,(H2,31,38)(H,32,39)(H2,33,34,41)/t18-,19+,22-,23-,24+/m0/s1. The van der Waals surface area contributed by atoms with Crippen molar-refractivity contribution in [3.63, 3.8) is 0 Å². The molecule has 41 heavy (non-hydrogen) atoms. The molecule has 1 aromatic rings. The van der Waals surface area contributed by atoms with Gasteiger partial charge in [-0.05, 0) is 28.6 Å². The fraction of sp³-hybridized carbons (Fsp3) is 0.600. The number of nitrogens with one attached hydrogen (secondary N) is 3. The van der Waals surface area contributed by atoms with Crippen molar-refractivity contribution in [3.8, 4) is 0 Å². The number of piperidine rings is 1. The fourth-order valence-corrected chi connectivity index (χ4v) is 5.72. The average molecular weight is 570 g/mol. The molecule has 5 N–H and O–H groups in total. The van der Waals surface area contributed by atoms with E-state index in [2.05, 4.69) is 16.0 Å². The molecule has 1 aliphatic carbocycles. The largest absolute Gasteiger partial charge is 0.363 e. The first-order valence-electron chi connectivity index (χ1n) is 14.0. The summed E-state index contributed by atoms with van der Waals surface area (Å²) in [5.74, 6) is -3.24. The Morgan fingerprint density at radius 3 is 2.17 bits per heavy atom. The molecular formula is C30H43N5O6. The third-order valence-electron chi connectivity index (χ3n) is 8.47. The summed E-state index contributed by atoms with van der Waals surface area (Å²) in [5.41, 5.74) is 4.67. The number of rotatable bonds is 11. The molecule has 0 bridgehead atoms. The predicted molar refractivity (Wildman–Crippen MR) is 152 cm³/mol. The summed E-state index contributed by atoms with van der Waals surface area (Å²) in [6.07, 6.45) is 0.0973. The Labute approximate surface area is 241 Å². The van der Waals surface area contributed by atoms with Crippen molar-refractivity contribution in [2.24, 2.45) is 34.3 Å². The van der Waals surface area contributed by atoms with Crippen molar-refractivity contribution in [3.05, 3.63) is 35.9 Å². The number of nitrogens with zero attached hydrogens (tertiary/aromatic N) is 1. The van der Waals surface area contributed by atoms with Gasteiger partial charge in [-0.15, -0.1) is 0 Å². The number of carbonyl (C=O) groups is 6. The Morgan fingerprint density at radius 2 is 1.63 bits per heavy atom. The van der Waals surface area contributed by atoms with Gasteiger partial charge in [-0.2, -0.15) is 0 Å². The molecule has 1 aromatic carbocycles. The summed E-state index contributed by atoms with van der Waals surface area (Å²) in [6, 6.07) is 5.95. The van der Waals surface area contributed by atoms with E-state index >= 15 is 0 Å². The zero-order chi connectivity index (χ0) is 30.9. The molecule has 11 heteroatoms. The second-order valence-corrected chi connectivity index (χ2v) is 13.2. The van der Waals surface area contributed by atoms with Gasteiger partial charge in [-0.3, -0.25) is 24.0 Å². The summed E-state index contributed by atoms with van der Waals surface area (Å²) >= 11 is 0. The van der Waals surface area contributed by atoms with Gasteiger partial charge in [0.25, 0.3) is 5.91 Å². The minimum absolute atomic E-state index is 0.0543. The van der Waals surface area contributed by atoms with E-state index in [1.165, 1.54) is 4.90 Å². The van der Waals surface area contributed by atoms with Gasteiger partial charge in [0.2, 0.25) is 17.6 Å². The number of hydrogen-bond donors (Lipinski definition) is 4. The smallest absolute Gasteiger partial charge is 0.315 e. The van der Waals surface area contributed by atoms with Crippen molar-refractivity contribution >= 4 is 35.3 Å². The molecule has 5 atom stereocenters. The van der Waals surface area contributed by atoms with Crippen LogP contribution in [-0.2, 0) is 19.2 Å². The lowest BCUT2D eigenvalue weighted by molar-refractivity contribution is -0.144. The quantitative estimate of drug-likeness (QED) is 0.233. The molecule has 0 spiro atoms. The molecule has 1 aliphatic heterocycles. The van der Waals surface area contributed by atoms with Gasteiger partial charge in [0.05, 0.1) is 6.54 Å². The maximum absolute atomic E-state index is 14.0. The Kier molecular flexibility index (Phi) is 9.30. The third-order valence-corrected chi connectivity index (χ3v) is 8.47. The van der Waals surface area contributed by atoms with Gasteiger partial charge < -0.3 is 26.6 Å². The summed E-state index contributed by atoms with van der Waals surface area (Å²) < 4.78 is 0. The van der Waals surface area contributed by atoms with E-state index < -0.39 is 59.6 Å². The van der Waals surface area contributed by atoms with Crippen LogP contribution in [0.5, 0.6) is 0 Å². The number of carbonyl (C=O) groups excluding carboxylic acids is 6. The number of primary amides is 1. The number of benzene rings is 1. The molecule has 3 rings (SSSR count). The number of hydrogen-bond acceptors (Lipinski definition) is 6. The molecule has 224 valence electrons. The molecule has 2 aliphatic rings. The number of likely N-dealkylation sites (tertiary alicyclic amines) is 1. The van der Waals surface area contributed by atoms with Crippen molar-refractivity contribution in [2.45, 2.75) is 73.0 Å². The van der Waals surface area contributed by atoms with Crippen molar-refractivity contribution in [2.75, 3.05) is 13.1 Å². The molecule has 11 nitrogen and oxygen atoms in total. The van der Waals surface area contributed by atoms with Gasteiger partial charge in [0.15, 0.2) is 5.78 Å². The minimum Gasteiger partial charge on any atom is -0.363 e. The fourth-order valence-electron chi connectivity index (χ4n) is 5.72. The van der Waals surface area contributed by atoms with Crippen LogP contribution in [0.1, 0.15) is 65.2 Å². The topological polar surface area (TPSA) is 168 Å². The van der Waals surface area contributed by atoms with Crippen molar-refractivity contribution in [1.29, 1.82) is 0 Å². The van der Waals surface area contributed by atoms with Crippen LogP contribution >= 0.6 is 0 Å². The summed E-state index contributed by atoms with van der Waals surface area (Å²) in [5, 5.41) is 8.14. The maximum atomic E-state index is 14.0. The molecule has 5 amide bonds. The monoisotopic (exact) mass is 569 g/mol. The van der Waals surface area contributed by atoms with Gasteiger partial charge >= 0.3 is 6.03 Å². The van der Waals surface area contributed by atoms with E-state index in [0.717, 1.165) is 0 Å². The van der Waals surface area contributed by atoms with Crippen LogP contribution in [0.25, 0.3) is 0 Å². The molecule has 2 fully saturated rings. The van der Waals surface area contributed by atoms with Gasteiger partial charge in [-0.25, -0.2) is 4.79 Å². The molecular weight excluding hydrogens is 526 g/mol. The van der Waals surface area contributed by atoms with Crippen LogP contribution in [0.2, 0.25) is 0 Å². The summed E-state index contributed by atoms with van der Waals surface area (Å²) in [4.78, 5) is 77.5. The van der Waals surface area contributed by atoms with E-state index in [4.69, 9.17) is 5.73 Å². The second-order valence-electron chi connectivity index (χ2n) is 13.2. The predicted octanol–water partition coefficient (Wildman–Crippen LogP) is 1.65. The van der Waals surface area contributed by atoms with E-state index in [-0.39, 0.29) is 35.4 Å². The zero-order valence-electron chi connectivity index (χ0n) is 24.9. The van der Waals surface area contributed by atoms with E-state index in [1.807, 2.05) is 54.5 Å². The lowest BCUT2D eigenvalue weighted by Gasteiger charge is -2.38. The highest BCUT2D eigenvalue weighted by Gasteiger charge is 2.69. The number of ketones is 2. The Balaban J connectivity index is 1.74. The van der Waals surface area contributed by atoms with Crippen LogP contribution in [0, 0.1) is 28.6 Å². The normalized spacial score (nSPS) is 22.2. The van der Waals surface area contributed by atoms with Crippen molar-refractivity contribution < 1.29 is 28.8 Å². The molecule has 0 aromatic heterocycles. The highest BCUT2D eigenvalue weighted by molar-refractivity contribution is 6.36. The van der Waals surface area contributed by atoms with E-state index in [9.17, 15) is 28.8 Å². The van der Waals surface area contributed by atoms with Crippen LogP contribution in [0.3, 0.4) is 0 Å².